The van der Waals surface area contributed by atoms with Gasteiger partial charge in [-0.1, -0.05) is 17.7 Å². The Morgan fingerprint density at radius 1 is 1.44 bits per heavy atom. The molecule has 0 aliphatic carbocycles. The summed E-state index contributed by atoms with van der Waals surface area (Å²) in [7, 11) is 2.82. The van der Waals surface area contributed by atoms with Gasteiger partial charge in [0.2, 0.25) is 0 Å². The predicted molar refractivity (Wildman–Crippen MR) is 66.1 cm³/mol. The van der Waals surface area contributed by atoms with Crippen LogP contribution in [0.1, 0.15) is 5.56 Å². The van der Waals surface area contributed by atoms with Gasteiger partial charge in [0.1, 0.15) is 10.8 Å². The largest absolute Gasteiger partial charge is 0.496 e. The first-order valence-corrected chi connectivity index (χ1v) is 5.23. The van der Waals surface area contributed by atoms with Crippen LogP contribution in [0.3, 0.4) is 0 Å². The van der Waals surface area contributed by atoms with Crippen molar-refractivity contribution in [1.82, 2.24) is 0 Å². The Morgan fingerprint density at radius 3 is 2.69 bits per heavy atom. The predicted octanol–water partition coefficient (Wildman–Crippen LogP) is 2.74. The van der Waals surface area contributed by atoms with Crippen molar-refractivity contribution in [2.45, 2.75) is 4.90 Å². The molecule has 0 fully saturated rings. The van der Waals surface area contributed by atoms with E-state index < -0.39 is 5.97 Å². The summed E-state index contributed by atoms with van der Waals surface area (Å²) in [5.74, 6) is 0.0435. The van der Waals surface area contributed by atoms with E-state index in [1.165, 1.54) is 13.2 Å². The Labute approximate surface area is 104 Å². The number of carbonyl (C=O) groups excluding carboxylic acids is 1. The van der Waals surface area contributed by atoms with E-state index >= 15 is 0 Å². The quantitative estimate of drug-likeness (QED) is 0.514. The minimum absolute atomic E-state index is 0.0106. The van der Waals surface area contributed by atoms with Crippen LogP contribution in [-0.4, -0.2) is 20.2 Å². The van der Waals surface area contributed by atoms with Crippen molar-refractivity contribution in [1.29, 1.82) is 0 Å². The molecule has 3 nitrogen and oxygen atoms in total. The topological polar surface area (TPSA) is 35.5 Å². The molecule has 1 aromatic carbocycles. The van der Waals surface area contributed by atoms with Crippen LogP contribution in [0.25, 0.3) is 6.08 Å². The van der Waals surface area contributed by atoms with Crippen molar-refractivity contribution in [3.8, 4) is 5.75 Å². The minimum Gasteiger partial charge on any atom is -0.496 e. The van der Waals surface area contributed by atoms with E-state index in [0.717, 1.165) is 5.56 Å². The molecule has 1 rings (SSSR count). The van der Waals surface area contributed by atoms with Crippen molar-refractivity contribution >= 4 is 36.3 Å². The Hall–Kier alpha value is -1.13. The van der Waals surface area contributed by atoms with Crippen LogP contribution in [0.4, 0.5) is 0 Å². The highest BCUT2D eigenvalue weighted by Gasteiger charge is 2.06. The number of benzene rings is 1. The fourth-order valence-corrected chi connectivity index (χ4v) is 1.52. The number of thiol groups is 1. The molecule has 0 bridgehead atoms. The van der Waals surface area contributed by atoms with Crippen LogP contribution in [0.2, 0.25) is 0 Å². The summed E-state index contributed by atoms with van der Waals surface area (Å²) in [6, 6.07) is 5.26. The molecule has 86 valence electrons. The van der Waals surface area contributed by atoms with Gasteiger partial charge in [-0.3, -0.25) is 0 Å². The monoisotopic (exact) mass is 258 g/mol. The summed E-state index contributed by atoms with van der Waals surface area (Å²) in [5, 5.41) is 0.0106. The van der Waals surface area contributed by atoms with Crippen LogP contribution in [0.5, 0.6) is 5.75 Å². The van der Waals surface area contributed by atoms with Gasteiger partial charge in [0.25, 0.3) is 0 Å². The third-order valence-corrected chi connectivity index (χ3v) is 2.51. The second-order valence-electron chi connectivity index (χ2n) is 2.92. The second kappa shape index (κ2) is 5.82. The zero-order valence-corrected chi connectivity index (χ0v) is 10.5. The molecule has 0 saturated heterocycles. The number of halogens is 1. The zero-order chi connectivity index (χ0) is 12.1. The molecule has 0 aliphatic rings. The maximum absolute atomic E-state index is 11.1. The molecule has 5 heteroatoms. The van der Waals surface area contributed by atoms with Gasteiger partial charge in [-0.05, 0) is 23.8 Å². The minimum atomic E-state index is -0.574. The highest BCUT2D eigenvalue weighted by atomic mass is 35.5. The van der Waals surface area contributed by atoms with E-state index in [4.69, 9.17) is 16.3 Å². The van der Waals surface area contributed by atoms with Gasteiger partial charge in [0.05, 0.1) is 14.2 Å². The molecule has 0 unspecified atom stereocenters. The highest BCUT2D eigenvalue weighted by Crippen LogP contribution is 2.25. The summed E-state index contributed by atoms with van der Waals surface area (Å²) in [6.45, 7) is 0. The molecule has 0 aromatic heterocycles. The SMILES string of the molecule is COC(=O)/C(Cl)=C/c1ccc(S)c(OC)c1. The molecule has 0 spiro atoms. The van der Waals surface area contributed by atoms with Crippen LogP contribution in [-0.2, 0) is 9.53 Å². The number of ether oxygens (including phenoxy) is 2. The van der Waals surface area contributed by atoms with Gasteiger partial charge in [-0.25, -0.2) is 4.79 Å². The van der Waals surface area contributed by atoms with E-state index in [1.54, 1.807) is 25.3 Å². The number of methoxy groups -OCH3 is 2. The Morgan fingerprint density at radius 2 is 2.12 bits per heavy atom. The summed E-state index contributed by atoms with van der Waals surface area (Å²) < 4.78 is 9.57. The molecular formula is C11H11ClO3S. The number of rotatable bonds is 3. The number of hydrogen-bond donors (Lipinski definition) is 1. The summed E-state index contributed by atoms with van der Waals surface area (Å²) in [6.07, 6.45) is 1.50. The van der Waals surface area contributed by atoms with Gasteiger partial charge < -0.3 is 9.47 Å². The molecule has 0 atom stereocenters. The van der Waals surface area contributed by atoms with E-state index in [9.17, 15) is 4.79 Å². The summed E-state index contributed by atoms with van der Waals surface area (Å²) >= 11 is 9.93. The molecule has 16 heavy (non-hydrogen) atoms. The van der Waals surface area contributed by atoms with Gasteiger partial charge in [-0.15, -0.1) is 12.6 Å². The molecule has 0 aliphatic heterocycles. The first-order chi connectivity index (χ1) is 7.58. The van der Waals surface area contributed by atoms with Crippen molar-refractivity contribution < 1.29 is 14.3 Å². The summed E-state index contributed by atoms with van der Waals surface area (Å²) in [5.41, 5.74) is 0.741. The Balaban J connectivity index is 3.02. The average Bonchev–Trinajstić information content (AvgIpc) is 2.30. The van der Waals surface area contributed by atoms with Crippen molar-refractivity contribution in [2.75, 3.05) is 14.2 Å². The molecule has 0 radical (unpaired) electrons. The molecule has 1 aromatic rings. The lowest BCUT2D eigenvalue weighted by atomic mass is 10.2. The summed E-state index contributed by atoms with van der Waals surface area (Å²) in [4.78, 5) is 11.8. The second-order valence-corrected chi connectivity index (χ2v) is 3.80. The van der Waals surface area contributed by atoms with Crippen LogP contribution < -0.4 is 4.74 Å². The van der Waals surface area contributed by atoms with Gasteiger partial charge in [0, 0.05) is 4.90 Å². The molecule has 0 saturated carbocycles. The standard InChI is InChI=1S/C11H11ClO3S/c1-14-9-6-7(3-4-10(9)16)5-8(12)11(13)15-2/h3-6,16H,1-2H3/b8-5-. The third-order valence-electron chi connectivity index (χ3n) is 1.88. The smallest absolute Gasteiger partial charge is 0.349 e. The van der Waals surface area contributed by atoms with Gasteiger partial charge >= 0.3 is 5.97 Å². The molecule has 0 N–H and O–H groups in total. The highest BCUT2D eigenvalue weighted by molar-refractivity contribution is 7.80. The van der Waals surface area contributed by atoms with Crippen LogP contribution >= 0.6 is 24.2 Å². The van der Waals surface area contributed by atoms with E-state index in [1.807, 2.05) is 0 Å². The fourth-order valence-electron chi connectivity index (χ4n) is 1.09. The lowest BCUT2D eigenvalue weighted by molar-refractivity contribution is -0.135. The zero-order valence-electron chi connectivity index (χ0n) is 8.86. The number of carbonyl (C=O) groups is 1. The lowest BCUT2D eigenvalue weighted by Gasteiger charge is -2.04. The third kappa shape index (κ3) is 3.18. The van der Waals surface area contributed by atoms with Gasteiger partial charge in [-0.2, -0.15) is 0 Å². The van der Waals surface area contributed by atoms with Crippen molar-refractivity contribution in [3.05, 3.63) is 28.8 Å². The number of hydrogen-bond acceptors (Lipinski definition) is 4. The number of esters is 1. The molecular weight excluding hydrogens is 248 g/mol. The van der Waals surface area contributed by atoms with E-state index in [0.29, 0.717) is 10.6 Å². The first kappa shape index (κ1) is 12.9. The van der Waals surface area contributed by atoms with Crippen LogP contribution in [0, 0.1) is 0 Å². The van der Waals surface area contributed by atoms with Crippen LogP contribution in [0.15, 0.2) is 28.1 Å². The average molecular weight is 259 g/mol. The first-order valence-electron chi connectivity index (χ1n) is 4.41. The lowest BCUT2D eigenvalue weighted by Crippen LogP contribution is -1.99. The molecule has 0 heterocycles. The van der Waals surface area contributed by atoms with E-state index in [2.05, 4.69) is 17.4 Å². The Bertz CT molecular complexity index is 429. The maximum atomic E-state index is 11.1. The fraction of sp³-hybridized carbons (Fsp3) is 0.182. The van der Waals surface area contributed by atoms with Crippen molar-refractivity contribution in [3.63, 3.8) is 0 Å². The van der Waals surface area contributed by atoms with E-state index in [-0.39, 0.29) is 5.03 Å². The van der Waals surface area contributed by atoms with Crippen molar-refractivity contribution in [2.24, 2.45) is 0 Å². The Kier molecular flexibility index (Phi) is 4.71. The molecule has 0 amide bonds. The maximum Gasteiger partial charge on any atom is 0.349 e. The van der Waals surface area contributed by atoms with Gasteiger partial charge in [0.15, 0.2) is 0 Å². The normalized spacial score (nSPS) is 11.1.